The van der Waals surface area contributed by atoms with Crippen LogP contribution in [0, 0.1) is 0 Å². The number of hydrogen-bond donors (Lipinski definition) is 1. The first-order valence-electron chi connectivity index (χ1n) is 5.22. The second-order valence-electron chi connectivity index (χ2n) is 4.41. The first-order chi connectivity index (χ1) is 7.52. The van der Waals surface area contributed by atoms with E-state index in [1.54, 1.807) is 6.07 Å². The highest BCUT2D eigenvalue weighted by Gasteiger charge is 2.32. The molecule has 1 aromatic rings. The summed E-state index contributed by atoms with van der Waals surface area (Å²) in [7, 11) is 1.53. The van der Waals surface area contributed by atoms with Crippen molar-refractivity contribution >= 4 is 6.09 Å². The van der Waals surface area contributed by atoms with Gasteiger partial charge in [-0.3, -0.25) is 0 Å². The van der Waals surface area contributed by atoms with E-state index in [2.05, 4.69) is 5.32 Å². The molecule has 16 heavy (non-hydrogen) atoms. The molecule has 0 spiro atoms. The number of fused-ring (bicyclic) bond motifs is 1. The molecule has 4 heteroatoms. The van der Waals surface area contributed by atoms with E-state index in [-0.39, 0.29) is 5.60 Å². The van der Waals surface area contributed by atoms with Crippen LogP contribution in [0.2, 0.25) is 0 Å². The van der Waals surface area contributed by atoms with Crippen LogP contribution >= 0.6 is 0 Å². The van der Waals surface area contributed by atoms with Crippen LogP contribution < -0.4 is 14.8 Å². The number of ether oxygens (including phenoxy) is 2. The van der Waals surface area contributed by atoms with Crippen molar-refractivity contribution in [2.75, 3.05) is 7.05 Å². The minimum absolute atomic E-state index is 0.232. The van der Waals surface area contributed by atoms with Crippen LogP contribution in [0.5, 0.6) is 11.5 Å². The maximum atomic E-state index is 11.2. The van der Waals surface area contributed by atoms with Crippen molar-refractivity contribution in [1.29, 1.82) is 0 Å². The van der Waals surface area contributed by atoms with Crippen LogP contribution in [0.3, 0.4) is 0 Å². The molecule has 1 N–H and O–H groups in total. The molecule has 1 aliphatic rings. The predicted octanol–water partition coefficient (Wildman–Crippen LogP) is 2.12. The molecule has 0 bridgehead atoms. The Bertz CT molecular complexity index is 426. The zero-order chi connectivity index (χ0) is 11.8. The smallest absolute Gasteiger partial charge is 0.412 e. The summed E-state index contributed by atoms with van der Waals surface area (Å²) in [4.78, 5) is 11.2. The fraction of sp³-hybridized carbons (Fsp3) is 0.417. The molecule has 0 radical (unpaired) electrons. The molecule has 0 saturated heterocycles. The summed E-state index contributed by atoms with van der Waals surface area (Å²) >= 11 is 0. The SMILES string of the molecule is CNC(=O)Oc1cccc2c1CC(C)(C)O2. The Morgan fingerprint density at radius 2 is 2.25 bits per heavy atom. The molecule has 1 aliphatic heterocycles. The molecule has 1 heterocycles. The van der Waals surface area contributed by atoms with Gasteiger partial charge in [0.2, 0.25) is 0 Å². The summed E-state index contributed by atoms with van der Waals surface area (Å²) in [6, 6.07) is 5.48. The van der Waals surface area contributed by atoms with Crippen LogP contribution in [-0.4, -0.2) is 18.7 Å². The highest BCUT2D eigenvalue weighted by molar-refractivity contribution is 5.71. The lowest BCUT2D eigenvalue weighted by molar-refractivity contribution is 0.138. The van der Waals surface area contributed by atoms with Crippen molar-refractivity contribution in [3.8, 4) is 11.5 Å². The lowest BCUT2D eigenvalue weighted by Gasteiger charge is -2.16. The second kappa shape index (κ2) is 3.70. The molecule has 0 fully saturated rings. The number of carbonyl (C=O) groups excluding carboxylic acids is 1. The first-order valence-corrected chi connectivity index (χ1v) is 5.22. The Morgan fingerprint density at radius 3 is 2.94 bits per heavy atom. The Morgan fingerprint density at radius 1 is 1.50 bits per heavy atom. The second-order valence-corrected chi connectivity index (χ2v) is 4.41. The summed E-state index contributed by atoms with van der Waals surface area (Å²) in [5, 5.41) is 2.42. The lowest BCUT2D eigenvalue weighted by atomic mass is 10.0. The number of amides is 1. The molecule has 0 aliphatic carbocycles. The normalized spacial score (nSPS) is 16.2. The highest BCUT2D eigenvalue weighted by atomic mass is 16.6. The number of carbonyl (C=O) groups is 1. The van der Waals surface area contributed by atoms with Gasteiger partial charge in [0.25, 0.3) is 0 Å². The molecule has 4 nitrogen and oxygen atoms in total. The topological polar surface area (TPSA) is 47.6 Å². The summed E-state index contributed by atoms with van der Waals surface area (Å²) in [6.07, 6.45) is 0.285. The van der Waals surface area contributed by atoms with Gasteiger partial charge in [-0.25, -0.2) is 4.79 Å². The highest BCUT2D eigenvalue weighted by Crippen LogP contribution is 2.40. The van der Waals surface area contributed by atoms with E-state index in [1.807, 2.05) is 26.0 Å². The van der Waals surface area contributed by atoms with Crippen LogP contribution in [0.25, 0.3) is 0 Å². The molecule has 0 atom stereocenters. The molecule has 1 amide bonds. The third-order valence-corrected chi connectivity index (χ3v) is 2.49. The van der Waals surface area contributed by atoms with Gasteiger partial charge in [-0.2, -0.15) is 0 Å². The number of hydrogen-bond acceptors (Lipinski definition) is 3. The zero-order valence-electron chi connectivity index (χ0n) is 9.66. The van der Waals surface area contributed by atoms with E-state index < -0.39 is 6.09 Å². The van der Waals surface area contributed by atoms with Crippen LogP contribution in [0.4, 0.5) is 4.79 Å². The van der Waals surface area contributed by atoms with Crippen LogP contribution in [-0.2, 0) is 6.42 Å². The molecule has 1 aromatic carbocycles. The molecular formula is C12H15NO3. The standard InChI is InChI=1S/C12H15NO3/c1-12(2)7-8-9(15-11(14)13-3)5-4-6-10(8)16-12/h4-6H,7H2,1-3H3,(H,13,14). The Hall–Kier alpha value is -1.71. The fourth-order valence-electron chi connectivity index (χ4n) is 1.82. The monoisotopic (exact) mass is 221 g/mol. The van der Waals surface area contributed by atoms with E-state index >= 15 is 0 Å². The quantitative estimate of drug-likeness (QED) is 0.790. The molecule has 0 aromatic heterocycles. The average molecular weight is 221 g/mol. The van der Waals surface area contributed by atoms with Crippen LogP contribution in [0.1, 0.15) is 19.4 Å². The van der Waals surface area contributed by atoms with Gasteiger partial charge in [-0.15, -0.1) is 0 Å². The number of nitrogens with one attached hydrogen (secondary N) is 1. The Balaban J connectivity index is 2.30. The van der Waals surface area contributed by atoms with E-state index in [0.29, 0.717) is 5.75 Å². The van der Waals surface area contributed by atoms with Crippen molar-refractivity contribution in [1.82, 2.24) is 5.32 Å². The van der Waals surface area contributed by atoms with Crippen LogP contribution in [0.15, 0.2) is 18.2 Å². The van der Waals surface area contributed by atoms with Crippen molar-refractivity contribution in [2.24, 2.45) is 0 Å². The molecule has 2 rings (SSSR count). The Kier molecular flexibility index (Phi) is 2.50. The van der Waals surface area contributed by atoms with Crippen molar-refractivity contribution in [3.63, 3.8) is 0 Å². The summed E-state index contributed by atoms with van der Waals surface area (Å²) in [6.45, 7) is 4.02. The minimum atomic E-state index is -0.460. The van der Waals surface area contributed by atoms with Crippen molar-refractivity contribution in [3.05, 3.63) is 23.8 Å². The fourth-order valence-corrected chi connectivity index (χ4v) is 1.82. The molecule has 86 valence electrons. The maximum Gasteiger partial charge on any atom is 0.412 e. The average Bonchev–Trinajstić information content (AvgIpc) is 2.53. The molecule has 0 saturated carbocycles. The first kappa shape index (κ1) is 10.8. The van der Waals surface area contributed by atoms with Gasteiger partial charge in [-0.1, -0.05) is 6.07 Å². The molecule has 0 unspecified atom stereocenters. The van der Waals surface area contributed by atoms with E-state index in [4.69, 9.17) is 9.47 Å². The van der Waals surface area contributed by atoms with Gasteiger partial charge in [0.1, 0.15) is 17.1 Å². The van der Waals surface area contributed by atoms with Crippen molar-refractivity contribution in [2.45, 2.75) is 25.9 Å². The summed E-state index contributed by atoms with van der Waals surface area (Å²) < 4.78 is 10.9. The van der Waals surface area contributed by atoms with Gasteiger partial charge in [0.05, 0.1) is 0 Å². The maximum absolute atomic E-state index is 11.2. The Labute approximate surface area is 94.6 Å². The minimum Gasteiger partial charge on any atom is -0.487 e. The largest absolute Gasteiger partial charge is 0.487 e. The van der Waals surface area contributed by atoms with Gasteiger partial charge in [0.15, 0.2) is 0 Å². The van der Waals surface area contributed by atoms with E-state index in [9.17, 15) is 4.79 Å². The third-order valence-electron chi connectivity index (χ3n) is 2.49. The van der Waals surface area contributed by atoms with E-state index in [0.717, 1.165) is 17.7 Å². The van der Waals surface area contributed by atoms with Gasteiger partial charge < -0.3 is 14.8 Å². The zero-order valence-corrected chi connectivity index (χ0v) is 9.66. The van der Waals surface area contributed by atoms with Gasteiger partial charge in [0, 0.05) is 19.0 Å². The third kappa shape index (κ3) is 1.96. The van der Waals surface area contributed by atoms with Crippen molar-refractivity contribution < 1.29 is 14.3 Å². The predicted molar refractivity (Wildman–Crippen MR) is 59.9 cm³/mol. The lowest BCUT2D eigenvalue weighted by Crippen LogP contribution is -2.25. The van der Waals surface area contributed by atoms with Gasteiger partial charge in [-0.05, 0) is 26.0 Å². The number of rotatable bonds is 1. The number of benzene rings is 1. The summed E-state index contributed by atoms with van der Waals surface area (Å²) in [5.41, 5.74) is 0.723. The summed E-state index contributed by atoms with van der Waals surface area (Å²) in [5.74, 6) is 1.37. The van der Waals surface area contributed by atoms with Gasteiger partial charge >= 0.3 is 6.09 Å². The molecular weight excluding hydrogens is 206 g/mol. The van der Waals surface area contributed by atoms with E-state index in [1.165, 1.54) is 7.05 Å².